The SMILES string of the molecule is Cc1ccc(C)c(Nc2cc(Nc3c(F)cccc3F)nc(C)n2)c1. The number of para-hydroxylation sites is 1. The van der Waals surface area contributed by atoms with E-state index < -0.39 is 11.6 Å². The molecular weight excluding hydrogens is 322 g/mol. The Labute approximate surface area is 145 Å². The van der Waals surface area contributed by atoms with E-state index in [1.807, 2.05) is 32.0 Å². The van der Waals surface area contributed by atoms with Crippen LogP contribution in [0.2, 0.25) is 0 Å². The molecule has 0 aliphatic carbocycles. The van der Waals surface area contributed by atoms with E-state index in [-0.39, 0.29) is 5.69 Å². The molecule has 0 aliphatic rings. The summed E-state index contributed by atoms with van der Waals surface area (Å²) in [5.41, 5.74) is 2.86. The number of hydrogen-bond acceptors (Lipinski definition) is 4. The summed E-state index contributed by atoms with van der Waals surface area (Å²) < 4.78 is 27.6. The number of aryl methyl sites for hydroxylation is 3. The smallest absolute Gasteiger partial charge is 0.149 e. The van der Waals surface area contributed by atoms with Gasteiger partial charge >= 0.3 is 0 Å². The van der Waals surface area contributed by atoms with Crippen molar-refractivity contribution < 1.29 is 8.78 Å². The highest BCUT2D eigenvalue weighted by Gasteiger charge is 2.11. The van der Waals surface area contributed by atoms with Crippen molar-refractivity contribution in [2.75, 3.05) is 10.6 Å². The van der Waals surface area contributed by atoms with Gasteiger partial charge in [0.1, 0.15) is 34.8 Å². The Morgan fingerprint density at radius 1 is 0.800 bits per heavy atom. The van der Waals surface area contributed by atoms with Crippen LogP contribution in [0.1, 0.15) is 17.0 Å². The van der Waals surface area contributed by atoms with Gasteiger partial charge in [0.15, 0.2) is 0 Å². The molecule has 1 heterocycles. The topological polar surface area (TPSA) is 49.8 Å². The molecule has 6 heteroatoms. The molecule has 0 saturated heterocycles. The number of benzene rings is 2. The average molecular weight is 340 g/mol. The lowest BCUT2D eigenvalue weighted by atomic mass is 10.1. The molecule has 0 unspecified atom stereocenters. The van der Waals surface area contributed by atoms with E-state index in [1.165, 1.54) is 18.2 Å². The lowest BCUT2D eigenvalue weighted by molar-refractivity contribution is 0.590. The van der Waals surface area contributed by atoms with Crippen molar-refractivity contribution in [2.45, 2.75) is 20.8 Å². The molecule has 0 saturated carbocycles. The van der Waals surface area contributed by atoms with Crippen molar-refractivity contribution >= 4 is 23.0 Å². The van der Waals surface area contributed by atoms with Gasteiger partial charge in [-0.05, 0) is 50.1 Å². The number of rotatable bonds is 4. The van der Waals surface area contributed by atoms with Crippen molar-refractivity contribution in [1.29, 1.82) is 0 Å². The lowest BCUT2D eigenvalue weighted by Gasteiger charge is -2.13. The van der Waals surface area contributed by atoms with Crippen LogP contribution in [0.4, 0.5) is 31.8 Å². The quantitative estimate of drug-likeness (QED) is 0.688. The van der Waals surface area contributed by atoms with Crippen LogP contribution in [-0.4, -0.2) is 9.97 Å². The number of anilines is 4. The average Bonchev–Trinajstić information content (AvgIpc) is 2.54. The van der Waals surface area contributed by atoms with Crippen molar-refractivity contribution in [3.8, 4) is 0 Å². The Bertz CT molecular complexity index is 905. The van der Waals surface area contributed by atoms with Gasteiger partial charge in [-0.2, -0.15) is 0 Å². The fraction of sp³-hybridized carbons (Fsp3) is 0.158. The number of hydrogen-bond donors (Lipinski definition) is 2. The Kier molecular flexibility index (Phi) is 4.61. The van der Waals surface area contributed by atoms with Gasteiger partial charge in [0.05, 0.1) is 0 Å². The molecule has 0 radical (unpaired) electrons. The minimum absolute atomic E-state index is 0.238. The zero-order chi connectivity index (χ0) is 18.0. The van der Waals surface area contributed by atoms with Gasteiger partial charge in [-0.25, -0.2) is 18.7 Å². The molecule has 0 fully saturated rings. The minimum atomic E-state index is -0.680. The van der Waals surface area contributed by atoms with Gasteiger partial charge in [0, 0.05) is 11.8 Å². The maximum Gasteiger partial charge on any atom is 0.149 e. The molecule has 0 aliphatic heterocycles. The second kappa shape index (κ2) is 6.84. The monoisotopic (exact) mass is 340 g/mol. The summed E-state index contributed by atoms with van der Waals surface area (Å²) in [5.74, 6) is -0.0279. The van der Waals surface area contributed by atoms with Gasteiger partial charge in [-0.3, -0.25) is 0 Å². The first-order valence-corrected chi connectivity index (χ1v) is 7.83. The normalized spacial score (nSPS) is 10.6. The fourth-order valence-electron chi connectivity index (χ4n) is 2.45. The Balaban J connectivity index is 1.92. The van der Waals surface area contributed by atoms with Crippen LogP contribution in [0.5, 0.6) is 0 Å². The van der Waals surface area contributed by atoms with Crippen LogP contribution < -0.4 is 10.6 Å². The molecule has 3 aromatic rings. The predicted octanol–water partition coefficient (Wildman–Crippen LogP) is 5.17. The lowest BCUT2D eigenvalue weighted by Crippen LogP contribution is -2.04. The number of halogens is 2. The summed E-state index contributed by atoms with van der Waals surface area (Å²) in [6.45, 7) is 5.71. The molecule has 25 heavy (non-hydrogen) atoms. The molecule has 2 aromatic carbocycles. The summed E-state index contributed by atoms with van der Waals surface area (Å²) in [4.78, 5) is 8.53. The predicted molar refractivity (Wildman–Crippen MR) is 95.6 cm³/mol. The van der Waals surface area contributed by atoms with Crippen molar-refractivity contribution in [3.63, 3.8) is 0 Å². The van der Waals surface area contributed by atoms with E-state index in [0.717, 1.165) is 16.8 Å². The summed E-state index contributed by atoms with van der Waals surface area (Å²) >= 11 is 0. The van der Waals surface area contributed by atoms with Crippen molar-refractivity contribution in [2.24, 2.45) is 0 Å². The van der Waals surface area contributed by atoms with Crippen molar-refractivity contribution in [3.05, 3.63) is 71.1 Å². The van der Waals surface area contributed by atoms with Gasteiger partial charge in [-0.15, -0.1) is 0 Å². The Morgan fingerprint density at radius 3 is 2.12 bits per heavy atom. The van der Waals surface area contributed by atoms with Gasteiger partial charge in [-0.1, -0.05) is 18.2 Å². The Morgan fingerprint density at radius 2 is 1.44 bits per heavy atom. The Hall–Kier alpha value is -3.02. The first-order valence-electron chi connectivity index (χ1n) is 7.83. The summed E-state index contributed by atoms with van der Waals surface area (Å²) in [5, 5.41) is 5.92. The number of nitrogens with zero attached hydrogens (tertiary/aromatic N) is 2. The summed E-state index contributed by atoms with van der Waals surface area (Å²) in [6, 6.07) is 11.4. The van der Waals surface area contributed by atoms with Gasteiger partial charge in [0.25, 0.3) is 0 Å². The number of nitrogens with one attached hydrogen (secondary N) is 2. The fourth-order valence-corrected chi connectivity index (χ4v) is 2.45. The molecule has 3 rings (SSSR count). The molecular formula is C19H18F2N4. The van der Waals surface area contributed by atoms with Crippen molar-refractivity contribution in [1.82, 2.24) is 9.97 Å². The molecule has 0 amide bonds. The highest BCUT2D eigenvalue weighted by molar-refractivity contribution is 5.66. The third-order valence-electron chi connectivity index (χ3n) is 3.71. The molecule has 128 valence electrons. The van der Waals surface area contributed by atoms with Crippen LogP contribution in [0.3, 0.4) is 0 Å². The van der Waals surface area contributed by atoms with E-state index >= 15 is 0 Å². The second-order valence-corrected chi connectivity index (χ2v) is 5.85. The third-order valence-corrected chi connectivity index (χ3v) is 3.71. The van der Waals surface area contributed by atoms with Gasteiger partial charge in [0.2, 0.25) is 0 Å². The molecule has 0 spiro atoms. The van der Waals surface area contributed by atoms with Crippen LogP contribution in [0.25, 0.3) is 0 Å². The number of aromatic nitrogens is 2. The standard InChI is InChI=1S/C19H18F2N4/c1-11-7-8-12(2)16(9-11)24-17-10-18(23-13(3)22-17)25-19-14(20)5-4-6-15(19)21/h4-10H,1-3H3,(H2,22,23,24,25). The molecule has 0 bridgehead atoms. The van der Waals surface area contributed by atoms with E-state index in [1.54, 1.807) is 13.0 Å². The second-order valence-electron chi connectivity index (χ2n) is 5.85. The van der Waals surface area contributed by atoms with Gasteiger partial charge < -0.3 is 10.6 Å². The summed E-state index contributed by atoms with van der Waals surface area (Å²) in [7, 11) is 0. The first kappa shape index (κ1) is 16.8. The maximum atomic E-state index is 13.8. The molecule has 4 nitrogen and oxygen atoms in total. The highest BCUT2D eigenvalue weighted by Crippen LogP contribution is 2.25. The van der Waals surface area contributed by atoms with Crippen LogP contribution in [-0.2, 0) is 0 Å². The zero-order valence-corrected chi connectivity index (χ0v) is 14.2. The highest BCUT2D eigenvalue weighted by atomic mass is 19.1. The third kappa shape index (κ3) is 3.91. The van der Waals surface area contributed by atoms with Crippen LogP contribution >= 0.6 is 0 Å². The van der Waals surface area contributed by atoms with E-state index in [2.05, 4.69) is 20.6 Å². The van der Waals surface area contributed by atoms with E-state index in [9.17, 15) is 8.78 Å². The van der Waals surface area contributed by atoms with Crippen LogP contribution in [0, 0.1) is 32.4 Å². The summed E-state index contributed by atoms with van der Waals surface area (Å²) in [6.07, 6.45) is 0. The first-order chi connectivity index (χ1) is 11.9. The van der Waals surface area contributed by atoms with Crippen LogP contribution in [0.15, 0.2) is 42.5 Å². The maximum absolute atomic E-state index is 13.8. The molecule has 1 aromatic heterocycles. The molecule has 0 atom stereocenters. The largest absolute Gasteiger partial charge is 0.340 e. The molecule has 2 N–H and O–H groups in total. The zero-order valence-electron chi connectivity index (χ0n) is 14.2. The minimum Gasteiger partial charge on any atom is -0.340 e. The van der Waals surface area contributed by atoms with E-state index in [0.29, 0.717) is 17.5 Å². The van der Waals surface area contributed by atoms with E-state index in [4.69, 9.17) is 0 Å².